The minimum atomic E-state index is -1.16. The van der Waals surface area contributed by atoms with Gasteiger partial charge in [-0.25, -0.2) is 9.18 Å². The summed E-state index contributed by atoms with van der Waals surface area (Å²) >= 11 is 0. The molecule has 0 spiro atoms. The van der Waals surface area contributed by atoms with E-state index in [1.807, 2.05) is 6.92 Å². The van der Waals surface area contributed by atoms with Crippen molar-refractivity contribution in [3.63, 3.8) is 0 Å². The molecule has 0 aliphatic carbocycles. The zero-order valence-corrected chi connectivity index (χ0v) is 10.1. The number of halogens is 1. The summed E-state index contributed by atoms with van der Waals surface area (Å²) in [5, 5.41) is 8.77. The van der Waals surface area contributed by atoms with Gasteiger partial charge in [-0.05, 0) is 24.5 Å². The highest BCUT2D eigenvalue weighted by Crippen LogP contribution is 2.18. The molecule has 0 heterocycles. The van der Waals surface area contributed by atoms with Crippen LogP contribution in [-0.2, 0) is 0 Å². The number of ether oxygens (including phenoxy) is 1. The molecule has 0 bridgehead atoms. The predicted octanol–water partition coefficient (Wildman–Crippen LogP) is 3.34. The van der Waals surface area contributed by atoms with Gasteiger partial charge in [0.1, 0.15) is 11.6 Å². The highest BCUT2D eigenvalue weighted by Gasteiger charge is 2.09. The Balaban J connectivity index is 2.68. The fourth-order valence-corrected chi connectivity index (χ4v) is 1.58. The molecule has 1 atom stereocenters. The lowest BCUT2D eigenvalue weighted by Crippen LogP contribution is -2.09. The maximum atomic E-state index is 13.1. The molecule has 1 rings (SSSR count). The molecule has 0 saturated carbocycles. The Hall–Kier alpha value is -1.58. The first-order chi connectivity index (χ1) is 8.02. The maximum absolute atomic E-state index is 13.1. The van der Waals surface area contributed by atoms with E-state index in [2.05, 4.69) is 6.92 Å². The summed E-state index contributed by atoms with van der Waals surface area (Å²) in [7, 11) is 0. The van der Waals surface area contributed by atoms with Crippen LogP contribution in [0.1, 0.15) is 37.0 Å². The van der Waals surface area contributed by atoms with Crippen molar-refractivity contribution in [3.8, 4) is 5.75 Å². The largest absolute Gasteiger partial charge is 0.493 e. The molecular weight excluding hydrogens is 223 g/mol. The van der Waals surface area contributed by atoms with Gasteiger partial charge in [-0.3, -0.25) is 0 Å². The third-order valence-corrected chi connectivity index (χ3v) is 2.43. The van der Waals surface area contributed by atoms with Gasteiger partial charge in [0.2, 0.25) is 0 Å². The predicted molar refractivity (Wildman–Crippen MR) is 62.9 cm³/mol. The molecule has 3 nitrogen and oxygen atoms in total. The fraction of sp³-hybridized carbons (Fsp3) is 0.462. The second-order valence-corrected chi connectivity index (χ2v) is 4.19. The van der Waals surface area contributed by atoms with E-state index in [4.69, 9.17) is 9.84 Å². The minimum Gasteiger partial charge on any atom is -0.493 e. The van der Waals surface area contributed by atoms with Crippen LogP contribution in [0.5, 0.6) is 5.75 Å². The van der Waals surface area contributed by atoms with E-state index >= 15 is 0 Å². The maximum Gasteiger partial charge on any atom is 0.335 e. The van der Waals surface area contributed by atoms with Crippen molar-refractivity contribution in [1.82, 2.24) is 0 Å². The minimum absolute atomic E-state index is 0.0943. The van der Waals surface area contributed by atoms with Crippen molar-refractivity contribution >= 4 is 5.97 Å². The van der Waals surface area contributed by atoms with Crippen LogP contribution >= 0.6 is 0 Å². The van der Waals surface area contributed by atoms with Crippen LogP contribution in [-0.4, -0.2) is 17.7 Å². The van der Waals surface area contributed by atoms with Crippen LogP contribution in [0, 0.1) is 11.7 Å². The Morgan fingerprint density at radius 2 is 2.18 bits per heavy atom. The third kappa shape index (κ3) is 4.43. The molecule has 17 heavy (non-hydrogen) atoms. The van der Waals surface area contributed by atoms with E-state index in [0.29, 0.717) is 12.5 Å². The Kier molecular flexibility index (Phi) is 4.94. The molecule has 0 aliphatic rings. The van der Waals surface area contributed by atoms with E-state index in [0.717, 1.165) is 18.9 Å². The number of hydrogen-bond acceptors (Lipinski definition) is 2. The fourth-order valence-electron chi connectivity index (χ4n) is 1.58. The first kappa shape index (κ1) is 13.5. The highest BCUT2D eigenvalue weighted by molar-refractivity contribution is 5.88. The molecule has 1 unspecified atom stereocenters. The van der Waals surface area contributed by atoms with Crippen LogP contribution in [0.2, 0.25) is 0 Å². The Bertz CT molecular complexity index is 390. The van der Waals surface area contributed by atoms with Gasteiger partial charge in [0.15, 0.2) is 0 Å². The van der Waals surface area contributed by atoms with E-state index in [-0.39, 0.29) is 11.3 Å². The number of benzene rings is 1. The van der Waals surface area contributed by atoms with E-state index in [9.17, 15) is 9.18 Å². The van der Waals surface area contributed by atoms with Crippen molar-refractivity contribution in [1.29, 1.82) is 0 Å². The first-order valence-electron chi connectivity index (χ1n) is 5.69. The average molecular weight is 240 g/mol. The van der Waals surface area contributed by atoms with Crippen LogP contribution in [0.3, 0.4) is 0 Å². The molecule has 0 fully saturated rings. The number of carboxylic acids is 1. The molecule has 0 radical (unpaired) electrons. The van der Waals surface area contributed by atoms with E-state index < -0.39 is 11.8 Å². The standard InChI is InChI=1S/C13H17FO3/c1-3-4-9(2)8-17-12-6-10(13(15)16)5-11(14)7-12/h5-7,9H,3-4,8H2,1-2H3,(H,15,16). The van der Waals surface area contributed by atoms with Crippen LogP contribution < -0.4 is 4.74 Å². The van der Waals surface area contributed by atoms with E-state index in [1.54, 1.807) is 0 Å². The van der Waals surface area contributed by atoms with E-state index in [1.165, 1.54) is 12.1 Å². The van der Waals surface area contributed by atoms with Gasteiger partial charge in [0, 0.05) is 6.07 Å². The second-order valence-electron chi connectivity index (χ2n) is 4.19. The number of aromatic carboxylic acids is 1. The zero-order valence-electron chi connectivity index (χ0n) is 10.1. The number of carboxylic acid groups (broad SMARTS) is 1. The van der Waals surface area contributed by atoms with Crippen molar-refractivity contribution < 1.29 is 19.0 Å². The van der Waals surface area contributed by atoms with Gasteiger partial charge in [-0.1, -0.05) is 20.3 Å². The third-order valence-electron chi connectivity index (χ3n) is 2.43. The quantitative estimate of drug-likeness (QED) is 0.829. The summed E-state index contributed by atoms with van der Waals surface area (Å²) in [5.74, 6) is -1.11. The molecule has 1 aromatic rings. The SMILES string of the molecule is CCCC(C)COc1cc(F)cc(C(=O)O)c1. The zero-order chi connectivity index (χ0) is 12.8. The summed E-state index contributed by atoms with van der Waals surface area (Å²) < 4.78 is 18.5. The lowest BCUT2D eigenvalue weighted by Gasteiger charge is -2.12. The Morgan fingerprint density at radius 1 is 1.47 bits per heavy atom. The molecule has 4 heteroatoms. The highest BCUT2D eigenvalue weighted by atomic mass is 19.1. The summed E-state index contributed by atoms with van der Waals surface area (Å²) in [4.78, 5) is 10.7. The summed E-state index contributed by atoms with van der Waals surface area (Å²) in [6.07, 6.45) is 2.09. The van der Waals surface area contributed by atoms with Gasteiger partial charge in [-0.2, -0.15) is 0 Å². The first-order valence-corrected chi connectivity index (χ1v) is 5.69. The summed E-state index contributed by atoms with van der Waals surface area (Å²) in [5.41, 5.74) is -0.0943. The van der Waals surface area contributed by atoms with Crippen molar-refractivity contribution in [3.05, 3.63) is 29.6 Å². The smallest absolute Gasteiger partial charge is 0.335 e. The second kappa shape index (κ2) is 6.23. The van der Waals surface area contributed by atoms with Crippen LogP contribution in [0.4, 0.5) is 4.39 Å². The number of rotatable bonds is 6. The Labute approximate surface area is 100 Å². The lowest BCUT2D eigenvalue weighted by atomic mass is 10.1. The monoisotopic (exact) mass is 240 g/mol. The van der Waals surface area contributed by atoms with Gasteiger partial charge in [0.25, 0.3) is 0 Å². The average Bonchev–Trinajstić information content (AvgIpc) is 2.26. The number of hydrogen-bond donors (Lipinski definition) is 1. The molecular formula is C13H17FO3. The molecule has 1 aromatic carbocycles. The lowest BCUT2D eigenvalue weighted by molar-refractivity contribution is 0.0695. The summed E-state index contributed by atoms with van der Waals surface area (Å²) in [6, 6.07) is 3.51. The topological polar surface area (TPSA) is 46.5 Å². The molecule has 94 valence electrons. The van der Waals surface area contributed by atoms with Gasteiger partial charge in [0.05, 0.1) is 12.2 Å². The molecule has 1 N–H and O–H groups in total. The molecule has 0 saturated heterocycles. The Morgan fingerprint density at radius 3 is 2.76 bits per heavy atom. The van der Waals surface area contributed by atoms with Gasteiger partial charge >= 0.3 is 5.97 Å². The molecule has 0 aliphatic heterocycles. The van der Waals surface area contributed by atoms with Gasteiger partial charge < -0.3 is 9.84 Å². The molecule has 0 aromatic heterocycles. The van der Waals surface area contributed by atoms with Gasteiger partial charge in [-0.15, -0.1) is 0 Å². The number of carbonyl (C=O) groups is 1. The van der Waals surface area contributed by atoms with Crippen molar-refractivity contribution in [2.75, 3.05) is 6.61 Å². The normalized spacial score (nSPS) is 12.2. The summed E-state index contributed by atoms with van der Waals surface area (Å²) in [6.45, 7) is 4.60. The van der Waals surface area contributed by atoms with Crippen molar-refractivity contribution in [2.24, 2.45) is 5.92 Å². The van der Waals surface area contributed by atoms with Crippen LogP contribution in [0.15, 0.2) is 18.2 Å². The molecule has 0 amide bonds. The van der Waals surface area contributed by atoms with Crippen LogP contribution in [0.25, 0.3) is 0 Å². The van der Waals surface area contributed by atoms with Crippen molar-refractivity contribution in [2.45, 2.75) is 26.7 Å².